The van der Waals surface area contributed by atoms with E-state index in [1.165, 1.54) is 12.1 Å². The van der Waals surface area contributed by atoms with Crippen LogP contribution in [0.2, 0.25) is 0 Å². The van der Waals surface area contributed by atoms with Gasteiger partial charge in [-0.25, -0.2) is 0 Å². The van der Waals surface area contributed by atoms with E-state index in [1.807, 2.05) is 6.20 Å². The SMILES string of the molecule is CCNC(c1ccnn1CC)C(C)CC. The molecule has 0 aliphatic rings. The van der Waals surface area contributed by atoms with E-state index < -0.39 is 0 Å². The van der Waals surface area contributed by atoms with Crippen molar-refractivity contribution in [3.63, 3.8) is 0 Å². The van der Waals surface area contributed by atoms with Crippen molar-refractivity contribution in [1.29, 1.82) is 0 Å². The van der Waals surface area contributed by atoms with Crippen LogP contribution in [-0.2, 0) is 6.54 Å². The van der Waals surface area contributed by atoms with E-state index in [-0.39, 0.29) is 0 Å². The highest BCUT2D eigenvalue weighted by Gasteiger charge is 2.19. The number of rotatable bonds is 6. The van der Waals surface area contributed by atoms with Crippen LogP contribution in [0.15, 0.2) is 12.3 Å². The van der Waals surface area contributed by atoms with Crippen molar-refractivity contribution < 1.29 is 0 Å². The fourth-order valence-corrected chi connectivity index (χ4v) is 1.92. The lowest BCUT2D eigenvalue weighted by molar-refractivity contribution is 0.360. The molecule has 0 fully saturated rings. The molecule has 1 aromatic rings. The fourth-order valence-electron chi connectivity index (χ4n) is 1.92. The lowest BCUT2D eigenvalue weighted by atomic mass is 9.96. The van der Waals surface area contributed by atoms with E-state index >= 15 is 0 Å². The van der Waals surface area contributed by atoms with Gasteiger partial charge in [0.05, 0.1) is 11.7 Å². The first kappa shape index (κ1) is 12.2. The third-order valence-electron chi connectivity index (χ3n) is 3.00. The average molecular weight is 209 g/mol. The molecule has 2 unspecified atom stereocenters. The largest absolute Gasteiger partial charge is 0.309 e. The minimum atomic E-state index is 0.433. The molecule has 0 amide bonds. The van der Waals surface area contributed by atoms with E-state index in [2.05, 4.69) is 48.9 Å². The van der Waals surface area contributed by atoms with Crippen molar-refractivity contribution in [3.05, 3.63) is 18.0 Å². The summed E-state index contributed by atoms with van der Waals surface area (Å²) in [6.45, 7) is 10.8. The standard InChI is InChI=1S/C12H23N3/c1-5-10(4)12(13-6-2)11-8-9-14-15(11)7-3/h8-10,12-13H,5-7H2,1-4H3. The molecule has 0 bridgehead atoms. The average Bonchev–Trinajstić information content (AvgIpc) is 2.72. The van der Waals surface area contributed by atoms with Crippen LogP contribution in [0.5, 0.6) is 0 Å². The molecular formula is C12H23N3. The maximum atomic E-state index is 4.33. The summed E-state index contributed by atoms with van der Waals surface area (Å²) in [5.41, 5.74) is 1.31. The Kier molecular flexibility index (Phi) is 4.82. The number of aryl methyl sites for hydroxylation is 1. The van der Waals surface area contributed by atoms with Gasteiger partial charge in [0.1, 0.15) is 0 Å². The number of nitrogens with one attached hydrogen (secondary N) is 1. The number of aromatic nitrogens is 2. The van der Waals surface area contributed by atoms with Crippen molar-refractivity contribution in [1.82, 2.24) is 15.1 Å². The van der Waals surface area contributed by atoms with Crippen molar-refractivity contribution >= 4 is 0 Å². The molecule has 1 heterocycles. The Hall–Kier alpha value is -0.830. The predicted octanol–water partition coefficient (Wildman–Crippen LogP) is 2.60. The maximum absolute atomic E-state index is 4.33. The number of hydrogen-bond acceptors (Lipinski definition) is 2. The van der Waals surface area contributed by atoms with E-state index in [4.69, 9.17) is 0 Å². The van der Waals surface area contributed by atoms with Gasteiger partial charge in [0, 0.05) is 12.7 Å². The minimum absolute atomic E-state index is 0.433. The Morgan fingerprint density at radius 1 is 1.40 bits per heavy atom. The fraction of sp³-hybridized carbons (Fsp3) is 0.750. The molecule has 0 spiro atoms. The van der Waals surface area contributed by atoms with Crippen LogP contribution < -0.4 is 5.32 Å². The summed E-state index contributed by atoms with van der Waals surface area (Å²) < 4.78 is 2.08. The van der Waals surface area contributed by atoms with Crippen LogP contribution in [0.3, 0.4) is 0 Å². The van der Waals surface area contributed by atoms with Gasteiger partial charge in [0.25, 0.3) is 0 Å². The molecule has 15 heavy (non-hydrogen) atoms. The molecule has 3 nitrogen and oxygen atoms in total. The van der Waals surface area contributed by atoms with Crippen LogP contribution in [0.4, 0.5) is 0 Å². The molecular weight excluding hydrogens is 186 g/mol. The molecule has 86 valence electrons. The highest BCUT2D eigenvalue weighted by Crippen LogP contribution is 2.23. The second-order valence-electron chi connectivity index (χ2n) is 3.99. The van der Waals surface area contributed by atoms with Gasteiger partial charge in [-0.15, -0.1) is 0 Å². The third kappa shape index (κ3) is 2.81. The Bertz CT molecular complexity index is 280. The molecule has 3 heteroatoms. The summed E-state index contributed by atoms with van der Waals surface area (Å²) in [6.07, 6.45) is 3.08. The predicted molar refractivity (Wildman–Crippen MR) is 63.8 cm³/mol. The lowest BCUT2D eigenvalue weighted by Crippen LogP contribution is -2.28. The summed E-state index contributed by atoms with van der Waals surface area (Å²) in [7, 11) is 0. The van der Waals surface area contributed by atoms with Crippen LogP contribution in [-0.4, -0.2) is 16.3 Å². The van der Waals surface area contributed by atoms with Crippen molar-refractivity contribution in [2.75, 3.05) is 6.54 Å². The second kappa shape index (κ2) is 5.91. The quantitative estimate of drug-likeness (QED) is 0.780. The number of hydrogen-bond donors (Lipinski definition) is 1. The number of nitrogens with zero attached hydrogens (tertiary/aromatic N) is 2. The molecule has 0 saturated heterocycles. The topological polar surface area (TPSA) is 29.9 Å². The summed E-state index contributed by atoms with van der Waals surface area (Å²) in [5.74, 6) is 0.645. The van der Waals surface area contributed by atoms with Gasteiger partial charge >= 0.3 is 0 Å². The van der Waals surface area contributed by atoms with Crippen LogP contribution in [0.25, 0.3) is 0 Å². The Labute approximate surface area is 92.9 Å². The first-order valence-corrected chi connectivity index (χ1v) is 5.99. The highest BCUT2D eigenvalue weighted by atomic mass is 15.3. The summed E-state index contributed by atoms with van der Waals surface area (Å²) in [6, 6.07) is 2.56. The van der Waals surface area contributed by atoms with Crippen molar-refractivity contribution in [2.24, 2.45) is 5.92 Å². The molecule has 0 radical (unpaired) electrons. The third-order valence-corrected chi connectivity index (χ3v) is 3.00. The molecule has 1 rings (SSSR count). The van der Waals surface area contributed by atoms with Gasteiger partial charge in [-0.05, 0) is 25.5 Å². The monoisotopic (exact) mass is 209 g/mol. The normalized spacial score (nSPS) is 15.2. The zero-order valence-corrected chi connectivity index (χ0v) is 10.3. The molecule has 0 aliphatic carbocycles. The van der Waals surface area contributed by atoms with Gasteiger partial charge in [0.15, 0.2) is 0 Å². The van der Waals surface area contributed by atoms with Gasteiger partial charge in [-0.1, -0.05) is 27.2 Å². The first-order valence-electron chi connectivity index (χ1n) is 5.99. The molecule has 1 aromatic heterocycles. The Balaban J connectivity index is 2.87. The Morgan fingerprint density at radius 2 is 2.13 bits per heavy atom. The lowest BCUT2D eigenvalue weighted by Gasteiger charge is -2.24. The van der Waals surface area contributed by atoms with Crippen molar-refractivity contribution in [3.8, 4) is 0 Å². The zero-order valence-electron chi connectivity index (χ0n) is 10.3. The summed E-state index contributed by atoms with van der Waals surface area (Å²) in [5, 5.41) is 7.88. The maximum Gasteiger partial charge on any atom is 0.0556 e. The second-order valence-corrected chi connectivity index (χ2v) is 3.99. The van der Waals surface area contributed by atoms with Crippen LogP contribution in [0, 0.1) is 5.92 Å². The van der Waals surface area contributed by atoms with Gasteiger partial charge in [-0.3, -0.25) is 4.68 Å². The Morgan fingerprint density at radius 3 is 2.67 bits per heavy atom. The first-order chi connectivity index (χ1) is 7.24. The van der Waals surface area contributed by atoms with Crippen LogP contribution >= 0.6 is 0 Å². The van der Waals surface area contributed by atoms with Gasteiger partial charge in [-0.2, -0.15) is 5.10 Å². The zero-order chi connectivity index (χ0) is 11.3. The molecule has 1 N–H and O–H groups in total. The molecule has 0 aromatic carbocycles. The molecule has 0 aliphatic heterocycles. The summed E-state index contributed by atoms with van der Waals surface area (Å²) in [4.78, 5) is 0. The smallest absolute Gasteiger partial charge is 0.0556 e. The van der Waals surface area contributed by atoms with E-state index in [9.17, 15) is 0 Å². The van der Waals surface area contributed by atoms with E-state index in [0.29, 0.717) is 12.0 Å². The van der Waals surface area contributed by atoms with Crippen molar-refractivity contribution in [2.45, 2.75) is 46.7 Å². The van der Waals surface area contributed by atoms with E-state index in [1.54, 1.807) is 0 Å². The molecule has 2 atom stereocenters. The van der Waals surface area contributed by atoms with E-state index in [0.717, 1.165) is 13.1 Å². The van der Waals surface area contributed by atoms with Gasteiger partial charge in [0.2, 0.25) is 0 Å². The highest BCUT2D eigenvalue weighted by molar-refractivity contribution is 5.08. The molecule has 0 saturated carbocycles. The minimum Gasteiger partial charge on any atom is -0.309 e. The van der Waals surface area contributed by atoms with Crippen LogP contribution in [0.1, 0.15) is 45.9 Å². The van der Waals surface area contributed by atoms with Gasteiger partial charge < -0.3 is 5.32 Å². The summed E-state index contributed by atoms with van der Waals surface area (Å²) >= 11 is 0.